The van der Waals surface area contributed by atoms with Crippen molar-refractivity contribution >= 4 is 27.5 Å². The molecule has 1 heterocycles. The zero-order valence-corrected chi connectivity index (χ0v) is 10.1. The number of carbonyl (C=O) groups excluding carboxylic acids is 1. The SMILES string of the molecule is CCCOCC(=O)Nc1ccncc1Br. The molecule has 0 aromatic carbocycles. The molecule has 0 atom stereocenters. The van der Waals surface area contributed by atoms with Gasteiger partial charge in [0.05, 0.1) is 10.2 Å². The molecule has 0 aliphatic heterocycles. The summed E-state index contributed by atoms with van der Waals surface area (Å²) in [4.78, 5) is 15.3. The van der Waals surface area contributed by atoms with E-state index in [-0.39, 0.29) is 12.5 Å². The Hall–Kier alpha value is -0.940. The van der Waals surface area contributed by atoms with Crippen LogP contribution in [-0.4, -0.2) is 24.1 Å². The summed E-state index contributed by atoms with van der Waals surface area (Å²) in [6.45, 7) is 2.69. The molecule has 0 aliphatic carbocycles. The molecule has 0 saturated heterocycles. The number of pyridine rings is 1. The van der Waals surface area contributed by atoms with E-state index in [0.717, 1.165) is 10.9 Å². The molecule has 1 aromatic rings. The monoisotopic (exact) mass is 272 g/mol. The lowest BCUT2D eigenvalue weighted by atomic mass is 10.4. The number of rotatable bonds is 5. The number of anilines is 1. The topological polar surface area (TPSA) is 51.2 Å². The molecule has 0 aliphatic rings. The maximum Gasteiger partial charge on any atom is 0.250 e. The molecule has 15 heavy (non-hydrogen) atoms. The molecule has 0 spiro atoms. The van der Waals surface area contributed by atoms with Gasteiger partial charge in [-0.1, -0.05) is 6.92 Å². The van der Waals surface area contributed by atoms with Gasteiger partial charge in [0.2, 0.25) is 5.91 Å². The Morgan fingerprint density at radius 1 is 1.67 bits per heavy atom. The van der Waals surface area contributed by atoms with Crippen molar-refractivity contribution in [1.82, 2.24) is 4.98 Å². The van der Waals surface area contributed by atoms with Gasteiger partial charge < -0.3 is 10.1 Å². The van der Waals surface area contributed by atoms with E-state index < -0.39 is 0 Å². The third kappa shape index (κ3) is 4.40. The van der Waals surface area contributed by atoms with Crippen molar-refractivity contribution in [2.24, 2.45) is 0 Å². The Labute approximate surface area is 97.2 Å². The van der Waals surface area contributed by atoms with Crippen LogP contribution in [0.5, 0.6) is 0 Å². The van der Waals surface area contributed by atoms with Crippen LogP contribution in [-0.2, 0) is 9.53 Å². The summed E-state index contributed by atoms with van der Waals surface area (Å²) in [5.74, 6) is -0.157. The predicted molar refractivity (Wildman–Crippen MR) is 61.7 cm³/mol. The molecule has 0 saturated carbocycles. The van der Waals surface area contributed by atoms with Gasteiger partial charge in [-0.05, 0) is 28.4 Å². The van der Waals surface area contributed by atoms with Crippen molar-refractivity contribution in [3.63, 3.8) is 0 Å². The highest BCUT2D eigenvalue weighted by molar-refractivity contribution is 9.10. The van der Waals surface area contributed by atoms with Gasteiger partial charge in [-0.2, -0.15) is 0 Å². The van der Waals surface area contributed by atoms with Crippen LogP contribution in [0.2, 0.25) is 0 Å². The van der Waals surface area contributed by atoms with Crippen molar-refractivity contribution < 1.29 is 9.53 Å². The standard InChI is InChI=1S/C10H13BrN2O2/c1-2-5-15-7-10(14)13-9-3-4-12-6-8(9)11/h3-4,6H,2,5,7H2,1H3,(H,12,13,14). The van der Waals surface area contributed by atoms with Gasteiger partial charge in [-0.25, -0.2) is 0 Å². The number of amides is 1. The first-order chi connectivity index (χ1) is 7.24. The number of nitrogens with one attached hydrogen (secondary N) is 1. The van der Waals surface area contributed by atoms with Crippen molar-refractivity contribution in [3.05, 3.63) is 22.9 Å². The maximum absolute atomic E-state index is 11.4. The second-order valence-electron chi connectivity index (χ2n) is 2.96. The number of hydrogen-bond donors (Lipinski definition) is 1. The van der Waals surface area contributed by atoms with Gasteiger partial charge in [0.1, 0.15) is 6.61 Å². The minimum atomic E-state index is -0.157. The van der Waals surface area contributed by atoms with E-state index in [1.807, 2.05) is 6.92 Å². The van der Waals surface area contributed by atoms with Crippen LogP contribution in [0.25, 0.3) is 0 Å². The minimum absolute atomic E-state index is 0.0859. The highest BCUT2D eigenvalue weighted by Crippen LogP contribution is 2.19. The number of halogens is 1. The van der Waals surface area contributed by atoms with Gasteiger partial charge in [0.15, 0.2) is 0 Å². The first-order valence-corrected chi connectivity index (χ1v) is 5.50. The second-order valence-corrected chi connectivity index (χ2v) is 3.81. The number of nitrogens with zero attached hydrogens (tertiary/aromatic N) is 1. The molecule has 0 unspecified atom stereocenters. The van der Waals surface area contributed by atoms with Gasteiger partial charge in [-0.3, -0.25) is 9.78 Å². The fraction of sp³-hybridized carbons (Fsp3) is 0.400. The van der Waals surface area contributed by atoms with Crippen molar-refractivity contribution in [1.29, 1.82) is 0 Å². The molecule has 82 valence electrons. The number of aromatic nitrogens is 1. The van der Waals surface area contributed by atoms with Gasteiger partial charge in [0, 0.05) is 19.0 Å². The first-order valence-electron chi connectivity index (χ1n) is 4.71. The van der Waals surface area contributed by atoms with Crippen LogP contribution >= 0.6 is 15.9 Å². The minimum Gasteiger partial charge on any atom is -0.372 e. The average Bonchev–Trinajstić information content (AvgIpc) is 2.22. The van der Waals surface area contributed by atoms with Crippen molar-refractivity contribution in [3.8, 4) is 0 Å². The van der Waals surface area contributed by atoms with Crippen LogP contribution < -0.4 is 5.32 Å². The normalized spacial score (nSPS) is 10.0. The average molecular weight is 273 g/mol. The van der Waals surface area contributed by atoms with E-state index in [2.05, 4.69) is 26.2 Å². The molecule has 5 heteroatoms. The Morgan fingerprint density at radius 3 is 3.13 bits per heavy atom. The summed E-state index contributed by atoms with van der Waals surface area (Å²) in [6.07, 6.45) is 4.15. The van der Waals surface area contributed by atoms with Gasteiger partial charge in [-0.15, -0.1) is 0 Å². The molecule has 0 radical (unpaired) electrons. The fourth-order valence-corrected chi connectivity index (χ4v) is 1.32. The molecule has 1 N–H and O–H groups in total. The Balaban J connectivity index is 2.41. The van der Waals surface area contributed by atoms with E-state index in [1.54, 1.807) is 18.5 Å². The highest BCUT2D eigenvalue weighted by atomic mass is 79.9. The second kappa shape index (κ2) is 6.53. The first kappa shape index (κ1) is 12.1. The molecular weight excluding hydrogens is 260 g/mol. The smallest absolute Gasteiger partial charge is 0.250 e. The van der Waals surface area contributed by atoms with E-state index in [1.165, 1.54) is 0 Å². The summed E-state index contributed by atoms with van der Waals surface area (Å²) >= 11 is 3.29. The Kier molecular flexibility index (Phi) is 5.28. The quantitative estimate of drug-likeness (QED) is 0.837. The fourth-order valence-electron chi connectivity index (χ4n) is 0.972. The maximum atomic E-state index is 11.4. The van der Waals surface area contributed by atoms with Crippen molar-refractivity contribution in [2.75, 3.05) is 18.5 Å². The van der Waals surface area contributed by atoms with Crippen molar-refractivity contribution in [2.45, 2.75) is 13.3 Å². The molecule has 0 fully saturated rings. The summed E-state index contributed by atoms with van der Waals surface area (Å²) in [6, 6.07) is 1.72. The molecule has 1 amide bonds. The molecule has 1 aromatic heterocycles. The van der Waals surface area contributed by atoms with Gasteiger partial charge in [0.25, 0.3) is 0 Å². The number of carbonyl (C=O) groups is 1. The summed E-state index contributed by atoms with van der Waals surface area (Å²) in [5.41, 5.74) is 0.704. The summed E-state index contributed by atoms with van der Waals surface area (Å²) < 4.78 is 5.87. The van der Waals surface area contributed by atoms with E-state index in [4.69, 9.17) is 4.74 Å². The Bertz CT molecular complexity index is 331. The van der Waals surface area contributed by atoms with E-state index in [0.29, 0.717) is 12.3 Å². The largest absolute Gasteiger partial charge is 0.372 e. The van der Waals surface area contributed by atoms with Crippen LogP contribution in [0.4, 0.5) is 5.69 Å². The molecule has 4 nitrogen and oxygen atoms in total. The van der Waals surface area contributed by atoms with Crippen LogP contribution in [0.1, 0.15) is 13.3 Å². The number of hydrogen-bond acceptors (Lipinski definition) is 3. The van der Waals surface area contributed by atoms with E-state index >= 15 is 0 Å². The summed E-state index contributed by atoms with van der Waals surface area (Å²) in [7, 11) is 0. The van der Waals surface area contributed by atoms with Gasteiger partial charge >= 0.3 is 0 Å². The predicted octanol–water partition coefficient (Wildman–Crippen LogP) is 2.21. The zero-order valence-electron chi connectivity index (χ0n) is 8.50. The number of ether oxygens (including phenoxy) is 1. The molecule has 0 bridgehead atoms. The zero-order chi connectivity index (χ0) is 11.1. The van der Waals surface area contributed by atoms with E-state index in [9.17, 15) is 4.79 Å². The van der Waals surface area contributed by atoms with Crippen LogP contribution in [0.3, 0.4) is 0 Å². The van der Waals surface area contributed by atoms with Crippen LogP contribution in [0.15, 0.2) is 22.9 Å². The highest BCUT2D eigenvalue weighted by Gasteiger charge is 2.04. The lowest BCUT2D eigenvalue weighted by Gasteiger charge is -2.06. The lowest BCUT2D eigenvalue weighted by Crippen LogP contribution is -2.18. The molecular formula is C10H13BrN2O2. The lowest BCUT2D eigenvalue weighted by molar-refractivity contribution is -0.120. The van der Waals surface area contributed by atoms with Crippen LogP contribution in [0, 0.1) is 0 Å². The summed E-state index contributed by atoms with van der Waals surface area (Å²) in [5, 5.41) is 2.72. The molecule has 1 rings (SSSR count). The third-order valence-electron chi connectivity index (χ3n) is 1.63. The third-order valence-corrected chi connectivity index (χ3v) is 2.26. The Morgan fingerprint density at radius 2 is 2.47 bits per heavy atom.